The highest BCUT2D eigenvalue weighted by Crippen LogP contribution is 2.52. The molecule has 0 radical (unpaired) electrons. The molecule has 3 amide bonds. The Balaban J connectivity index is 1.38. The van der Waals surface area contributed by atoms with E-state index in [1.807, 2.05) is 0 Å². The summed E-state index contributed by atoms with van der Waals surface area (Å²) in [5.41, 5.74) is 0. The Morgan fingerprint density at radius 3 is 2.76 bits per heavy atom. The van der Waals surface area contributed by atoms with Gasteiger partial charge in [0.1, 0.15) is 6.61 Å². The summed E-state index contributed by atoms with van der Waals surface area (Å²) in [5, 5.41) is 11.6. The number of benzene rings is 1. The molecule has 2 aromatic rings. The summed E-state index contributed by atoms with van der Waals surface area (Å²) in [7, 11) is 0. The SMILES string of the molecule is CC(Sc1nnc(COc2ccccc2F)n1C(C)C1CC2CCC1C2)C(=O)N1CCNC1=O. The number of hydrogen-bond donors (Lipinski definition) is 1. The molecular weight excluding hydrogens is 457 g/mol. The Labute approximate surface area is 202 Å². The Bertz CT molecular complexity index is 1080. The first-order chi connectivity index (χ1) is 16.4. The van der Waals surface area contributed by atoms with E-state index >= 15 is 0 Å². The average Bonchev–Trinajstić information content (AvgIpc) is 3.62. The number of thioether (sulfide) groups is 1. The third-order valence-electron chi connectivity index (χ3n) is 7.50. The van der Waals surface area contributed by atoms with Crippen LogP contribution in [0, 0.1) is 23.6 Å². The molecule has 2 aliphatic carbocycles. The van der Waals surface area contributed by atoms with Crippen LogP contribution in [0.5, 0.6) is 5.75 Å². The first kappa shape index (κ1) is 23.1. The Hall–Kier alpha value is -2.62. The molecule has 0 spiro atoms. The molecule has 3 fully saturated rings. The molecule has 1 aromatic heterocycles. The van der Waals surface area contributed by atoms with E-state index in [1.165, 1.54) is 48.4 Å². The van der Waals surface area contributed by atoms with Crippen LogP contribution < -0.4 is 10.1 Å². The molecule has 34 heavy (non-hydrogen) atoms. The van der Waals surface area contributed by atoms with Gasteiger partial charge in [0.2, 0.25) is 5.91 Å². The second-order valence-corrected chi connectivity index (χ2v) is 10.9. The van der Waals surface area contributed by atoms with Crippen LogP contribution >= 0.6 is 11.8 Å². The van der Waals surface area contributed by atoms with Crippen molar-refractivity contribution in [3.05, 3.63) is 35.9 Å². The zero-order chi connectivity index (χ0) is 23.8. The first-order valence-electron chi connectivity index (χ1n) is 12.0. The van der Waals surface area contributed by atoms with Crippen LogP contribution in [0.25, 0.3) is 0 Å². The monoisotopic (exact) mass is 487 g/mol. The fraction of sp³-hybridized carbons (Fsp3) is 0.583. The zero-order valence-electron chi connectivity index (χ0n) is 19.4. The predicted octanol–water partition coefficient (Wildman–Crippen LogP) is 4.03. The lowest BCUT2D eigenvalue weighted by Crippen LogP contribution is -2.39. The number of carbonyl (C=O) groups is 2. The van der Waals surface area contributed by atoms with E-state index in [9.17, 15) is 14.0 Å². The van der Waals surface area contributed by atoms with Gasteiger partial charge in [0, 0.05) is 19.1 Å². The van der Waals surface area contributed by atoms with Crippen LogP contribution in [0.4, 0.5) is 9.18 Å². The van der Waals surface area contributed by atoms with Crippen LogP contribution in [0.1, 0.15) is 51.4 Å². The second-order valence-electron chi connectivity index (χ2n) is 9.55. The van der Waals surface area contributed by atoms with Crippen LogP contribution in [0.2, 0.25) is 0 Å². The number of fused-ring (bicyclic) bond motifs is 2. The average molecular weight is 488 g/mol. The fourth-order valence-electron chi connectivity index (χ4n) is 5.79. The second kappa shape index (κ2) is 9.56. The summed E-state index contributed by atoms with van der Waals surface area (Å²) < 4.78 is 21.9. The van der Waals surface area contributed by atoms with E-state index in [1.54, 1.807) is 25.1 Å². The van der Waals surface area contributed by atoms with Gasteiger partial charge in [-0.25, -0.2) is 9.18 Å². The summed E-state index contributed by atoms with van der Waals surface area (Å²) in [6.07, 6.45) is 5.03. The van der Waals surface area contributed by atoms with Gasteiger partial charge in [0.15, 0.2) is 22.5 Å². The van der Waals surface area contributed by atoms with E-state index < -0.39 is 11.1 Å². The fourth-order valence-corrected chi connectivity index (χ4v) is 6.80. The first-order valence-corrected chi connectivity index (χ1v) is 12.9. The minimum absolute atomic E-state index is 0.0799. The van der Waals surface area contributed by atoms with E-state index in [-0.39, 0.29) is 30.3 Å². The molecule has 1 aliphatic heterocycles. The highest BCUT2D eigenvalue weighted by Gasteiger charge is 2.43. The van der Waals surface area contributed by atoms with Gasteiger partial charge in [0.25, 0.3) is 0 Å². The van der Waals surface area contributed by atoms with E-state index in [4.69, 9.17) is 4.74 Å². The molecule has 2 heterocycles. The summed E-state index contributed by atoms with van der Waals surface area (Å²) in [4.78, 5) is 26.1. The van der Waals surface area contributed by atoms with Gasteiger partial charge in [0.05, 0.1) is 5.25 Å². The maximum atomic E-state index is 14.1. The number of halogens is 1. The van der Waals surface area contributed by atoms with Crippen molar-refractivity contribution in [3.8, 4) is 5.75 Å². The van der Waals surface area contributed by atoms with Gasteiger partial charge in [-0.2, -0.15) is 0 Å². The smallest absolute Gasteiger partial charge is 0.324 e. The topological polar surface area (TPSA) is 89.3 Å². The maximum Gasteiger partial charge on any atom is 0.324 e. The van der Waals surface area contributed by atoms with Crippen molar-refractivity contribution in [3.63, 3.8) is 0 Å². The number of imide groups is 1. The normalized spacial score (nSPS) is 25.4. The van der Waals surface area contributed by atoms with Crippen molar-refractivity contribution in [2.45, 2.75) is 62.6 Å². The number of carbonyl (C=O) groups excluding carboxylic acids is 2. The number of para-hydroxylation sites is 1. The third-order valence-corrected chi connectivity index (χ3v) is 8.55. The van der Waals surface area contributed by atoms with Crippen LogP contribution in [0.15, 0.2) is 29.4 Å². The van der Waals surface area contributed by atoms with E-state index in [2.05, 4.69) is 27.0 Å². The molecule has 1 saturated heterocycles. The standard InChI is InChI=1S/C24H30FN5O3S/c1-14(18-12-16-7-8-17(18)11-16)30-21(13-33-20-6-4-3-5-19(20)25)27-28-24(30)34-15(2)22(31)29-10-9-26-23(29)32/h3-6,14-18H,7-13H2,1-2H3,(H,26,32). The molecule has 5 atom stereocenters. The molecular formula is C24H30FN5O3S. The number of nitrogens with zero attached hydrogens (tertiary/aromatic N) is 4. The van der Waals surface area contributed by atoms with Crippen molar-refractivity contribution in [1.82, 2.24) is 25.0 Å². The zero-order valence-corrected chi connectivity index (χ0v) is 20.3. The molecule has 182 valence electrons. The summed E-state index contributed by atoms with van der Waals surface area (Å²) in [5.74, 6) is 2.10. The number of ether oxygens (including phenoxy) is 1. The molecule has 1 aromatic carbocycles. The van der Waals surface area contributed by atoms with Crippen LogP contribution in [-0.2, 0) is 11.4 Å². The minimum Gasteiger partial charge on any atom is -0.483 e. The molecule has 5 unspecified atom stereocenters. The van der Waals surface area contributed by atoms with Gasteiger partial charge in [-0.3, -0.25) is 14.3 Å². The van der Waals surface area contributed by atoms with Crippen molar-refractivity contribution < 1.29 is 18.7 Å². The van der Waals surface area contributed by atoms with Crippen molar-refractivity contribution in [1.29, 1.82) is 0 Å². The van der Waals surface area contributed by atoms with Gasteiger partial charge in [-0.1, -0.05) is 30.3 Å². The number of hydrogen-bond acceptors (Lipinski definition) is 6. The minimum atomic E-state index is -0.501. The molecule has 10 heteroatoms. The van der Waals surface area contributed by atoms with Crippen molar-refractivity contribution >= 4 is 23.7 Å². The molecule has 2 bridgehead atoms. The summed E-state index contributed by atoms with van der Waals surface area (Å²) in [6.45, 7) is 4.90. The Morgan fingerprint density at radius 2 is 2.09 bits per heavy atom. The highest BCUT2D eigenvalue weighted by molar-refractivity contribution is 8.00. The maximum absolute atomic E-state index is 14.1. The van der Waals surface area contributed by atoms with Crippen LogP contribution in [-0.4, -0.2) is 49.9 Å². The van der Waals surface area contributed by atoms with E-state index in [0.717, 1.165) is 5.92 Å². The van der Waals surface area contributed by atoms with Gasteiger partial charge in [-0.15, -0.1) is 10.2 Å². The molecule has 1 N–H and O–H groups in total. The Kier molecular flexibility index (Phi) is 6.50. The van der Waals surface area contributed by atoms with Crippen LogP contribution in [0.3, 0.4) is 0 Å². The van der Waals surface area contributed by atoms with Crippen molar-refractivity contribution in [2.75, 3.05) is 13.1 Å². The quantitative estimate of drug-likeness (QED) is 0.566. The Morgan fingerprint density at radius 1 is 1.26 bits per heavy atom. The summed E-state index contributed by atoms with van der Waals surface area (Å²) in [6, 6.07) is 6.07. The van der Waals surface area contributed by atoms with Crippen molar-refractivity contribution in [2.24, 2.45) is 17.8 Å². The van der Waals surface area contributed by atoms with Gasteiger partial charge >= 0.3 is 6.03 Å². The number of urea groups is 1. The van der Waals surface area contributed by atoms with Gasteiger partial charge < -0.3 is 10.1 Å². The molecule has 2 saturated carbocycles. The number of aromatic nitrogens is 3. The number of nitrogens with one attached hydrogen (secondary N) is 1. The summed E-state index contributed by atoms with van der Waals surface area (Å²) >= 11 is 1.31. The molecule has 8 nitrogen and oxygen atoms in total. The van der Waals surface area contributed by atoms with E-state index in [0.29, 0.717) is 35.9 Å². The predicted molar refractivity (Wildman–Crippen MR) is 125 cm³/mol. The highest BCUT2D eigenvalue weighted by atomic mass is 32.2. The number of rotatable bonds is 8. The lowest BCUT2D eigenvalue weighted by Gasteiger charge is -2.30. The molecule has 3 aliphatic rings. The van der Waals surface area contributed by atoms with Gasteiger partial charge in [-0.05, 0) is 63.0 Å². The third kappa shape index (κ3) is 4.39. The molecule has 5 rings (SSSR count). The number of amides is 3. The lowest BCUT2D eigenvalue weighted by atomic mass is 9.84. The largest absolute Gasteiger partial charge is 0.483 e. The lowest BCUT2D eigenvalue weighted by molar-refractivity contribution is -0.126.